The fourth-order valence-corrected chi connectivity index (χ4v) is 3.29. The van der Waals surface area contributed by atoms with Crippen molar-refractivity contribution in [3.8, 4) is 17.5 Å². The molecule has 4 heterocycles. The molecule has 0 aliphatic rings. The second kappa shape index (κ2) is 9.47. The standard InChI is InChI=1S/C23H24FN9O2/c1-4-32-13-28-22(31-32)30-17-8-18(19-6-5-15-7-14(9-25)10-29-33(15)19)26-11-16(17)21(34)27-12-20(24)23(2,3)35/h5-8,10-11,13,20,35H,4,12H2,1-3H3,(H,27,34)(H,26,30,31)/t20-/m1/s1. The van der Waals surface area contributed by atoms with Crippen LogP contribution in [0.1, 0.15) is 36.7 Å². The minimum absolute atomic E-state index is 0.144. The molecule has 11 nitrogen and oxygen atoms in total. The molecule has 4 aromatic rings. The topological polar surface area (TPSA) is 146 Å². The number of hydrogen-bond acceptors (Lipinski definition) is 8. The Balaban J connectivity index is 1.70. The number of fused-ring (bicyclic) bond motifs is 1. The molecule has 3 N–H and O–H groups in total. The van der Waals surface area contributed by atoms with Crippen molar-refractivity contribution in [2.24, 2.45) is 0 Å². The molecule has 0 unspecified atom stereocenters. The number of hydrogen-bond donors (Lipinski definition) is 3. The summed E-state index contributed by atoms with van der Waals surface area (Å²) in [6, 6.07) is 9.01. The first-order valence-corrected chi connectivity index (χ1v) is 10.9. The number of aliphatic hydroxyl groups is 1. The lowest BCUT2D eigenvalue weighted by molar-refractivity contribution is -0.00177. The van der Waals surface area contributed by atoms with Crippen molar-refractivity contribution in [1.29, 1.82) is 5.26 Å². The molecule has 0 spiro atoms. The van der Waals surface area contributed by atoms with Gasteiger partial charge in [-0.3, -0.25) is 14.5 Å². The number of nitrogens with one attached hydrogen (secondary N) is 2. The number of rotatable bonds is 8. The third kappa shape index (κ3) is 5.10. The summed E-state index contributed by atoms with van der Waals surface area (Å²) >= 11 is 0. The SMILES string of the molecule is CCn1cnc(Nc2cc(-c3ccc4cc(C#N)cnn34)ncc2C(=O)NC[C@@H](F)C(C)(C)O)n1. The van der Waals surface area contributed by atoms with Crippen molar-refractivity contribution in [2.45, 2.75) is 39.1 Å². The first kappa shape index (κ1) is 23.8. The highest BCUT2D eigenvalue weighted by atomic mass is 19.1. The van der Waals surface area contributed by atoms with E-state index in [2.05, 4.69) is 36.9 Å². The van der Waals surface area contributed by atoms with E-state index in [1.165, 1.54) is 26.2 Å². The van der Waals surface area contributed by atoms with Crippen LogP contribution < -0.4 is 10.6 Å². The van der Waals surface area contributed by atoms with E-state index in [1.807, 2.05) is 6.92 Å². The number of nitriles is 1. The van der Waals surface area contributed by atoms with Crippen molar-refractivity contribution in [3.63, 3.8) is 0 Å². The Bertz CT molecular complexity index is 1410. The summed E-state index contributed by atoms with van der Waals surface area (Å²) in [5, 5.41) is 33.1. The Kier molecular flexibility index (Phi) is 6.44. The van der Waals surface area contributed by atoms with Gasteiger partial charge in [0.05, 0.1) is 52.1 Å². The fraction of sp³-hybridized carbons (Fsp3) is 0.304. The quantitative estimate of drug-likeness (QED) is 0.351. The van der Waals surface area contributed by atoms with E-state index < -0.39 is 17.7 Å². The van der Waals surface area contributed by atoms with Gasteiger partial charge in [-0.15, -0.1) is 5.10 Å². The van der Waals surface area contributed by atoms with E-state index in [1.54, 1.807) is 39.8 Å². The van der Waals surface area contributed by atoms with Crippen LogP contribution in [0.5, 0.6) is 0 Å². The molecule has 0 aliphatic carbocycles. The molecule has 180 valence electrons. The van der Waals surface area contributed by atoms with Crippen LogP contribution in [0.2, 0.25) is 0 Å². The predicted molar refractivity (Wildman–Crippen MR) is 126 cm³/mol. The van der Waals surface area contributed by atoms with Gasteiger partial charge in [0.2, 0.25) is 5.95 Å². The Hall–Kier alpha value is -4.37. The number of aryl methyl sites for hydroxylation is 1. The summed E-state index contributed by atoms with van der Waals surface area (Å²) < 4.78 is 17.4. The zero-order chi connectivity index (χ0) is 25.2. The molecular formula is C23H24FN9O2. The van der Waals surface area contributed by atoms with E-state index in [4.69, 9.17) is 5.26 Å². The number of carbonyl (C=O) groups excluding carboxylic acids is 1. The third-order valence-corrected chi connectivity index (χ3v) is 5.36. The van der Waals surface area contributed by atoms with Gasteiger partial charge in [0.25, 0.3) is 5.91 Å². The lowest BCUT2D eigenvalue weighted by Crippen LogP contribution is -2.42. The first-order chi connectivity index (χ1) is 16.7. The predicted octanol–water partition coefficient (Wildman–Crippen LogP) is 2.46. The number of anilines is 2. The maximum absolute atomic E-state index is 14.2. The van der Waals surface area contributed by atoms with E-state index >= 15 is 0 Å². The molecule has 0 saturated carbocycles. The van der Waals surface area contributed by atoms with Gasteiger partial charge < -0.3 is 15.7 Å². The molecule has 4 rings (SSSR count). The lowest BCUT2D eigenvalue weighted by atomic mass is 10.0. The molecule has 0 aromatic carbocycles. The van der Waals surface area contributed by atoms with Gasteiger partial charge >= 0.3 is 0 Å². The number of amides is 1. The smallest absolute Gasteiger partial charge is 0.255 e. The Morgan fingerprint density at radius 3 is 2.77 bits per heavy atom. The molecule has 12 heteroatoms. The van der Waals surface area contributed by atoms with Gasteiger partial charge in [-0.2, -0.15) is 10.4 Å². The lowest BCUT2D eigenvalue weighted by Gasteiger charge is -2.22. The van der Waals surface area contributed by atoms with Crippen LogP contribution in [0.4, 0.5) is 16.0 Å². The van der Waals surface area contributed by atoms with Crippen molar-refractivity contribution < 1.29 is 14.3 Å². The number of carbonyl (C=O) groups is 1. The van der Waals surface area contributed by atoms with Crippen LogP contribution >= 0.6 is 0 Å². The largest absolute Gasteiger partial charge is 0.387 e. The van der Waals surface area contributed by atoms with Crippen LogP contribution in [0.3, 0.4) is 0 Å². The molecule has 0 bridgehead atoms. The van der Waals surface area contributed by atoms with E-state index in [-0.39, 0.29) is 18.1 Å². The summed E-state index contributed by atoms with van der Waals surface area (Å²) in [6.07, 6.45) is 2.71. The Labute approximate surface area is 200 Å². The minimum atomic E-state index is -1.66. The molecule has 0 aliphatic heterocycles. The number of pyridine rings is 1. The van der Waals surface area contributed by atoms with Crippen molar-refractivity contribution in [3.05, 3.63) is 54.1 Å². The highest BCUT2D eigenvalue weighted by Gasteiger charge is 2.27. The molecule has 35 heavy (non-hydrogen) atoms. The van der Waals surface area contributed by atoms with Crippen LogP contribution in [0, 0.1) is 11.3 Å². The van der Waals surface area contributed by atoms with E-state index in [9.17, 15) is 14.3 Å². The van der Waals surface area contributed by atoms with E-state index in [0.717, 1.165) is 0 Å². The molecule has 1 amide bonds. The Morgan fingerprint density at radius 1 is 1.29 bits per heavy atom. The maximum atomic E-state index is 14.2. The second-order valence-corrected chi connectivity index (χ2v) is 8.41. The highest BCUT2D eigenvalue weighted by molar-refractivity contribution is 6.00. The monoisotopic (exact) mass is 477 g/mol. The molecule has 0 fully saturated rings. The van der Waals surface area contributed by atoms with Gasteiger partial charge in [-0.25, -0.2) is 13.9 Å². The van der Waals surface area contributed by atoms with Gasteiger partial charge in [0.15, 0.2) is 0 Å². The molecule has 1 atom stereocenters. The summed E-state index contributed by atoms with van der Waals surface area (Å²) in [6.45, 7) is 4.82. The van der Waals surface area contributed by atoms with Crippen LogP contribution in [-0.4, -0.2) is 58.7 Å². The zero-order valence-corrected chi connectivity index (χ0v) is 19.4. The number of halogens is 1. The van der Waals surface area contributed by atoms with Gasteiger partial charge in [0.1, 0.15) is 18.6 Å². The maximum Gasteiger partial charge on any atom is 0.255 e. The van der Waals surface area contributed by atoms with Crippen LogP contribution in [0.15, 0.2) is 43.0 Å². The van der Waals surface area contributed by atoms with Crippen LogP contribution in [-0.2, 0) is 6.54 Å². The average molecular weight is 478 g/mol. The van der Waals surface area contributed by atoms with E-state index in [0.29, 0.717) is 34.7 Å². The van der Waals surface area contributed by atoms with Gasteiger partial charge in [0, 0.05) is 12.7 Å². The minimum Gasteiger partial charge on any atom is -0.387 e. The third-order valence-electron chi connectivity index (χ3n) is 5.36. The van der Waals surface area contributed by atoms with Gasteiger partial charge in [-0.1, -0.05) is 0 Å². The zero-order valence-electron chi connectivity index (χ0n) is 19.4. The molecule has 4 aromatic heterocycles. The summed E-state index contributed by atoms with van der Waals surface area (Å²) in [5.74, 6) is -0.306. The average Bonchev–Trinajstić information content (AvgIpc) is 3.47. The summed E-state index contributed by atoms with van der Waals surface area (Å²) in [5.41, 5.74) is 1.17. The van der Waals surface area contributed by atoms with Crippen molar-refractivity contribution >= 4 is 23.1 Å². The summed E-state index contributed by atoms with van der Waals surface area (Å²) in [4.78, 5) is 21.5. The normalized spacial score (nSPS) is 12.3. The highest BCUT2D eigenvalue weighted by Crippen LogP contribution is 2.27. The fourth-order valence-electron chi connectivity index (χ4n) is 3.29. The number of nitrogens with zero attached hydrogens (tertiary/aromatic N) is 7. The molecule has 0 saturated heterocycles. The Morgan fingerprint density at radius 2 is 2.09 bits per heavy atom. The van der Waals surface area contributed by atoms with Crippen molar-refractivity contribution in [1.82, 2.24) is 34.7 Å². The first-order valence-electron chi connectivity index (χ1n) is 10.9. The molecule has 0 radical (unpaired) electrons. The molecular weight excluding hydrogens is 453 g/mol. The number of alkyl halides is 1. The second-order valence-electron chi connectivity index (χ2n) is 8.41. The van der Waals surface area contributed by atoms with Crippen molar-refractivity contribution in [2.75, 3.05) is 11.9 Å². The number of aromatic nitrogens is 6. The van der Waals surface area contributed by atoms with Crippen LogP contribution in [0.25, 0.3) is 16.9 Å². The summed E-state index contributed by atoms with van der Waals surface area (Å²) in [7, 11) is 0. The van der Waals surface area contributed by atoms with Gasteiger partial charge in [-0.05, 0) is 45.0 Å².